The Kier molecular flexibility index (Phi) is 8.90. The van der Waals surface area contributed by atoms with Crippen LogP contribution in [0.5, 0.6) is 5.88 Å². The zero-order chi connectivity index (χ0) is 32.8. The molecule has 2 atom stereocenters. The highest BCUT2D eigenvalue weighted by atomic mass is 31.2. The highest BCUT2D eigenvalue weighted by Gasteiger charge is 2.57. The minimum absolute atomic E-state index is 0.109. The molecule has 1 saturated carbocycles. The average Bonchev–Trinajstić information content (AvgIpc) is 2.91. The summed E-state index contributed by atoms with van der Waals surface area (Å²) in [5.41, 5.74) is -0.428. The molecular weight excluding hydrogens is 591 g/mol. The van der Waals surface area contributed by atoms with E-state index < -0.39 is 30.7 Å². The van der Waals surface area contributed by atoms with Crippen LogP contribution in [0, 0.1) is 11.3 Å². The fraction of sp³-hybridized carbons (Fsp3) is 0.543. The van der Waals surface area contributed by atoms with Crippen LogP contribution in [0.1, 0.15) is 90.8 Å². The number of ether oxygens (including phenoxy) is 2. The van der Waals surface area contributed by atoms with E-state index in [1.807, 2.05) is 48.5 Å². The van der Waals surface area contributed by atoms with Gasteiger partial charge in [0.15, 0.2) is 0 Å². The summed E-state index contributed by atoms with van der Waals surface area (Å²) in [7, 11) is -5.07. The third-order valence-corrected chi connectivity index (χ3v) is 9.91. The average molecular weight is 639 g/mol. The lowest BCUT2D eigenvalue weighted by molar-refractivity contribution is -0.0566. The number of amides is 1. The number of fused-ring (bicyclic) bond motifs is 2. The number of phosphoric acid groups is 1. The molecule has 9 nitrogen and oxygen atoms in total. The van der Waals surface area contributed by atoms with Gasteiger partial charge in [-0.25, -0.2) is 14.3 Å². The van der Waals surface area contributed by atoms with E-state index in [-0.39, 0.29) is 18.9 Å². The minimum Gasteiger partial charge on any atom is -0.474 e. The quantitative estimate of drug-likeness (QED) is 0.236. The monoisotopic (exact) mass is 638 g/mol. The zero-order valence-corrected chi connectivity index (χ0v) is 28.3. The number of carbonyl (C=O) groups is 1. The van der Waals surface area contributed by atoms with E-state index in [2.05, 4.69) is 26.1 Å². The Hall–Kier alpha value is -2.97. The number of nitrogens with one attached hydrogen (secondary N) is 1. The van der Waals surface area contributed by atoms with Crippen molar-refractivity contribution in [2.75, 3.05) is 0 Å². The van der Waals surface area contributed by atoms with Crippen molar-refractivity contribution < 1.29 is 33.1 Å². The van der Waals surface area contributed by atoms with Gasteiger partial charge in [-0.3, -0.25) is 4.52 Å². The third-order valence-electron chi connectivity index (χ3n) is 9.36. The Labute approximate surface area is 266 Å². The first-order valence-electron chi connectivity index (χ1n) is 15.8. The van der Waals surface area contributed by atoms with Crippen molar-refractivity contribution in [2.24, 2.45) is 11.3 Å². The van der Waals surface area contributed by atoms with Crippen molar-refractivity contribution in [3.05, 3.63) is 71.3 Å². The summed E-state index contributed by atoms with van der Waals surface area (Å²) >= 11 is 0. The molecule has 1 amide bonds. The molecule has 45 heavy (non-hydrogen) atoms. The fourth-order valence-corrected chi connectivity index (χ4v) is 7.79. The van der Waals surface area contributed by atoms with Gasteiger partial charge in [-0.15, -0.1) is 0 Å². The van der Waals surface area contributed by atoms with Crippen molar-refractivity contribution in [2.45, 2.75) is 110 Å². The largest absolute Gasteiger partial charge is 0.474 e. The lowest BCUT2D eigenvalue weighted by atomic mass is 9.65. The third kappa shape index (κ3) is 7.54. The standard InChI is InChI=1S/C35H47N2O7P/c1-32(2,3)26-13-16-28(17-14-26)42-30-19-12-23-20-27(15-18-29(23)36-30)35(44-45(39,40)41)22-25-11-9-8-10-24(25)21-34(35,7)37-31(38)43-33(4,5)6/h8-12,15,18-20,26,28H,13-14,16-17,21-22H2,1-7H3,(H,37,38)(H2,39,40,41)/t26?,28?,34?,35-/m1/s1. The van der Waals surface area contributed by atoms with E-state index in [1.54, 1.807) is 33.8 Å². The molecule has 0 spiro atoms. The van der Waals surface area contributed by atoms with E-state index in [1.165, 1.54) is 0 Å². The van der Waals surface area contributed by atoms with Crippen LogP contribution in [0.2, 0.25) is 0 Å². The van der Waals surface area contributed by atoms with Crippen LogP contribution in [0.15, 0.2) is 54.6 Å². The molecule has 1 aromatic heterocycles. The topological polar surface area (TPSA) is 127 Å². The molecule has 0 bridgehead atoms. The Morgan fingerprint density at radius 3 is 2.18 bits per heavy atom. The van der Waals surface area contributed by atoms with E-state index in [4.69, 9.17) is 19.0 Å². The van der Waals surface area contributed by atoms with E-state index in [0.29, 0.717) is 28.3 Å². The van der Waals surface area contributed by atoms with Gasteiger partial charge >= 0.3 is 13.9 Å². The number of pyridine rings is 1. The summed E-state index contributed by atoms with van der Waals surface area (Å²) in [5, 5.41) is 3.71. The molecule has 1 fully saturated rings. The normalized spacial score (nSPS) is 25.8. The van der Waals surface area contributed by atoms with Gasteiger partial charge in [-0.2, -0.15) is 0 Å². The first-order valence-corrected chi connectivity index (χ1v) is 17.3. The number of hydrogen-bond donors (Lipinski definition) is 3. The van der Waals surface area contributed by atoms with Gasteiger partial charge < -0.3 is 24.6 Å². The summed E-state index contributed by atoms with van der Waals surface area (Å²) in [6.45, 7) is 13.9. The lowest BCUT2D eigenvalue weighted by Gasteiger charge is -2.52. The molecule has 3 N–H and O–H groups in total. The second-order valence-corrected chi connectivity index (χ2v) is 16.2. The molecule has 0 radical (unpaired) electrons. The van der Waals surface area contributed by atoms with E-state index in [9.17, 15) is 19.1 Å². The van der Waals surface area contributed by atoms with Gasteiger partial charge in [0.1, 0.15) is 17.3 Å². The van der Waals surface area contributed by atoms with E-state index in [0.717, 1.165) is 42.2 Å². The maximum Gasteiger partial charge on any atom is 0.470 e. The molecule has 1 heterocycles. The number of phosphoric ester groups is 1. The van der Waals surface area contributed by atoms with Crippen LogP contribution in [-0.2, 0) is 32.3 Å². The second-order valence-electron chi connectivity index (χ2n) is 15.0. The van der Waals surface area contributed by atoms with E-state index >= 15 is 0 Å². The number of rotatable bonds is 6. The highest BCUT2D eigenvalue weighted by molar-refractivity contribution is 7.46. The van der Waals surface area contributed by atoms with Crippen LogP contribution >= 0.6 is 7.82 Å². The van der Waals surface area contributed by atoms with Gasteiger partial charge in [0.05, 0.1) is 11.1 Å². The number of nitrogens with zero attached hydrogens (tertiary/aromatic N) is 1. The molecule has 5 rings (SSSR count). The van der Waals surface area contributed by atoms with Crippen molar-refractivity contribution >= 4 is 24.8 Å². The fourth-order valence-electron chi connectivity index (χ4n) is 7.01. The first kappa shape index (κ1) is 33.4. The summed E-state index contributed by atoms with van der Waals surface area (Å²) in [6.07, 6.45) is 4.03. The Morgan fingerprint density at radius 2 is 1.58 bits per heavy atom. The maximum absolute atomic E-state index is 13.2. The van der Waals surface area contributed by atoms with Crippen molar-refractivity contribution in [1.29, 1.82) is 0 Å². The van der Waals surface area contributed by atoms with Gasteiger partial charge in [0.25, 0.3) is 0 Å². The Balaban J connectivity index is 1.51. The summed E-state index contributed by atoms with van der Waals surface area (Å²) in [6, 6.07) is 16.8. The number of aromatic nitrogens is 1. The molecule has 244 valence electrons. The number of alkyl carbamates (subject to hydrolysis) is 1. The second kappa shape index (κ2) is 12.0. The van der Waals surface area contributed by atoms with Crippen LogP contribution in [0.25, 0.3) is 10.9 Å². The Morgan fingerprint density at radius 1 is 0.933 bits per heavy atom. The molecule has 3 aromatic rings. The van der Waals surface area contributed by atoms with Gasteiger partial charge in [0.2, 0.25) is 5.88 Å². The molecule has 2 aliphatic carbocycles. The van der Waals surface area contributed by atoms with Crippen LogP contribution in [-0.4, -0.2) is 38.1 Å². The van der Waals surface area contributed by atoms with Crippen molar-refractivity contribution in [3.63, 3.8) is 0 Å². The van der Waals surface area contributed by atoms with Crippen LogP contribution in [0.3, 0.4) is 0 Å². The maximum atomic E-state index is 13.2. The lowest BCUT2D eigenvalue weighted by Crippen LogP contribution is -2.65. The predicted octanol–water partition coefficient (Wildman–Crippen LogP) is 7.61. The first-order chi connectivity index (χ1) is 20.9. The number of carbonyl (C=O) groups excluding carboxylic acids is 1. The molecule has 10 heteroatoms. The molecule has 1 unspecified atom stereocenters. The van der Waals surface area contributed by atoms with Crippen molar-refractivity contribution in [3.8, 4) is 5.88 Å². The molecular formula is C35H47N2O7P. The molecule has 0 saturated heterocycles. The minimum atomic E-state index is -5.07. The van der Waals surface area contributed by atoms with Crippen LogP contribution in [0.4, 0.5) is 4.79 Å². The molecule has 2 aliphatic rings. The summed E-state index contributed by atoms with van der Waals surface area (Å²) < 4.78 is 30.4. The molecule has 2 aromatic carbocycles. The van der Waals surface area contributed by atoms with Gasteiger partial charge in [-0.1, -0.05) is 51.1 Å². The summed E-state index contributed by atoms with van der Waals surface area (Å²) in [5.74, 6) is 1.24. The van der Waals surface area contributed by atoms with Crippen LogP contribution < -0.4 is 10.1 Å². The van der Waals surface area contributed by atoms with Gasteiger partial charge in [0, 0.05) is 17.9 Å². The predicted molar refractivity (Wildman–Crippen MR) is 174 cm³/mol. The zero-order valence-electron chi connectivity index (χ0n) is 27.4. The SMILES string of the molecule is CC(C)(C)OC(=O)NC1(C)Cc2ccccc2C[C@@]1(OP(=O)(O)O)c1ccc2nc(OC3CCC(C(C)(C)C)CC3)ccc2c1. The smallest absolute Gasteiger partial charge is 0.470 e. The highest BCUT2D eigenvalue weighted by Crippen LogP contribution is 2.55. The summed E-state index contributed by atoms with van der Waals surface area (Å²) in [4.78, 5) is 38.5. The molecule has 0 aliphatic heterocycles. The van der Waals surface area contributed by atoms with Crippen molar-refractivity contribution in [1.82, 2.24) is 10.3 Å². The number of benzene rings is 2. The Bertz CT molecular complexity index is 1600. The number of hydrogen-bond acceptors (Lipinski definition) is 6. The van der Waals surface area contributed by atoms with Gasteiger partial charge in [-0.05, 0) is 106 Å².